The lowest BCUT2D eigenvalue weighted by atomic mass is 10.0. The van der Waals surface area contributed by atoms with Crippen LogP contribution < -0.4 is 11.1 Å². The molecule has 5 heteroatoms. The van der Waals surface area contributed by atoms with E-state index in [1.54, 1.807) is 6.92 Å². The fourth-order valence-electron chi connectivity index (χ4n) is 1.67. The van der Waals surface area contributed by atoms with Gasteiger partial charge in [0.05, 0.1) is 19.2 Å². The normalized spacial score (nSPS) is 13.4. The molecule has 104 valence electrons. The zero-order valence-electron chi connectivity index (χ0n) is 11.3. The van der Waals surface area contributed by atoms with Crippen LogP contribution in [0.25, 0.3) is 0 Å². The molecule has 0 bridgehead atoms. The fourth-order valence-corrected chi connectivity index (χ4v) is 1.67. The van der Waals surface area contributed by atoms with Crippen molar-refractivity contribution in [2.24, 2.45) is 5.73 Å². The van der Waals surface area contributed by atoms with Crippen molar-refractivity contribution in [3.8, 4) is 0 Å². The Hall–Kier alpha value is -1.88. The Labute approximate surface area is 113 Å². The summed E-state index contributed by atoms with van der Waals surface area (Å²) in [6.07, 6.45) is 0.727. The van der Waals surface area contributed by atoms with Crippen LogP contribution in [0.4, 0.5) is 0 Å². The molecule has 0 fully saturated rings. The zero-order valence-corrected chi connectivity index (χ0v) is 11.3. The number of ether oxygens (including phenoxy) is 1. The molecule has 0 spiro atoms. The third kappa shape index (κ3) is 5.09. The van der Waals surface area contributed by atoms with Gasteiger partial charge in [-0.25, -0.2) is 0 Å². The number of amides is 1. The maximum atomic E-state index is 11.7. The van der Waals surface area contributed by atoms with Crippen LogP contribution in [-0.2, 0) is 14.3 Å². The van der Waals surface area contributed by atoms with Crippen LogP contribution in [0.3, 0.4) is 0 Å². The molecule has 5 nitrogen and oxygen atoms in total. The number of esters is 1. The van der Waals surface area contributed by atoms with Crippen LogP contribution in [0.2, 0.25) is 0 Å². The molecule has 1 rings (SSSR count). The summed E-state index contributed by atoms with van der Waals surface area (Å²) in [6, 6.07) is 8.67. The van der Waals surface area contributed by atoms with Gasteiger partial charge in [-0.1, -0.05) is 30.3 Å². The Kier molecular flexibility index (Phi) is 6.02. The largest absolute Gasteiger partial charge is 0.469 e. The summed E-state index contributed by atoms with van der Waals surface area (Å²) in [4.78, 5) is 22.9. The first-order valence-corrected chi connectivity index (χ1v) is 6.22. The van der Waals surface area contributed by atoms with Gasteiger partial charge in [-0.3, -0.25) is 9.59 Å². The van der Waals surface area contributed by atoms with E-state index in [1.165, 1.54) is 7.11 Å². The molecule has 0 saturated heterocycles. The first-order valence-electron chi connectivity index (χ1n) is 6.22. The predicted molar refractivity (Wildman–Crippen MR) is 72.2 cm³/mol. The number of methoxy groups -OCH3 is 1. The van der Waals surface area contributed by atoms with Crippen LogP contribution in [0.1, 0.15) is 31.4 Å². The van der Waals surface area contributed by atoms with Gasteiger partial charge in [-0.15, -0.1) is 0 Å². The lowest BCUT2D eigenvalue weighted by Gasteiger charge is -2.20. The lowest BCUT2D eigenvalue weighted by molar-refractivity contribution is -0.141. The molecule has 0 aliphatic rings. The number of nitrogens with one attached hydrogen (secondary N) is 1. The third-order valence-electron chi connectivity index (χ3n) is 2.80. The Balaban J connectivity index is 2.73. The summed E-state index contributed by atoms with van der Waals surface area (Å²) in [6.45, 7) is 1.62. The molecule has 0 radical (unpaired) electrons. The molecule has 0 aliphatic heterocycles. The average molecular weight is 264 g/mol. The standard InChI is InChI=1S/C14H20N2O3/c1-10(15)14(18)16-12(8-9-13(17)19-2)11-6-4-3-5-7-11/h3-7,10,12H,8-9,15H2,1-2H3,(H,16,18)/t10-,12?/m0/s1. The van der Waals surface area contributed by atoms with E-state index in [0.717, 1.165) is 5.56 Å². The summed E-state index contributed by atoms with van der Waals surface area (Å²) in [5, 5.41) is 2.84. The molecule has 0 aliphatic carbocycles. The summed E-state index contributed by atoms with van der Waals surface area (Å²) in [7, 11) is 1.35. The van der Waals surface area contributed by atoms with Crippen LogP contribution >= 0.6 is 0 Å². The average Bonchev–Trinajstić information content (AvgIpc) is 2.43. The smallest absolute Gasteiger partial charge is 0.305 e. The molecule has 0 saturated carbocycles. The third-order valence-corrected chi connectivity index (χ3v) is 2.80. The second-order valence-corrected chi connectivity index (χ2v) is 4.38. The number of benzene rings is 1. The topological polar surface area (TPSA) is 81.4 Å². The van der Waals surface area contributed by atoms with Gasteiger partial charge in [-0.2, -0.15) is 0 Å². The molecular weight excluding hydrogens is 244 g/mol. The van der Waals surface area contributed by atoms with E-state index in [-0.39, 0.29) is 24.3 Å². The van der Waals surface area contributed by atoms with E-state index in [1.807, 2.05) is 30.3 Å². The minimum Gasteiger partial charge on any atom is -0.469 e. The van der Waals surface area contributed by atoms with E-state index in [2.05, 4.69) is 10.1 Å². The van der Waals surface area contributed by atoms with Crippen LogP contribution in [0.15, 0.2) is 30.3 Å². The highest BCUT2D eigenvalue weighted by atomic mass is 16.5. The van der Waals surface area contributed by atoms with E-state index in [4.69, 9.17) is 5.73 Å². The molecule has 1 aromatic rings. The molecule has 1 amide bonds. The maximum Gasteiger partial charge on any atom is 0.305 e. The fraction of sp³-hybridized carbons (Fsp3) is 0.429. The molecule has 0 heterocycles. The number of carbonyl (C=O) groups excluding carboxylic acids is 2. The van der Waals surface area contributed by atoms with Gasteiger partial charge in [-0.05, 0) is 18.9 Å². The van der Waals surface area contributed by atoms with Crippen LogP contribution in [0, 0.1) is 0 Å². The summed E-state index contributed by atoms with van der Waals surface area (Å²) in [5.41, 5.74) is 6.49. The predicted octanol–water partition coefficient (Wildman–Crippen LogP) is 1.14. The number of nitrogens with two attached hydrogens (primary N) is 1. The van der Waals surface area contributed by atoms with Gasteiger partial charge in [0.25, 0.3) is 0 Å². The first kappa shape index (κ1) is 15.2. The highest BCUT2D eigenvalue weighted by molar-refractivity contribution is 5.81. The van der Waals surface area contributed by atoms with E-state index >= 15 is 0 Å². The van der Waals surface area contributed by atoms with Gasteiger partial charge in [0.1, 0.15) is 0 Å². The number of rotatable bonds is 6. The highest BCUT2D eigenvalue weighted by Gasteiger charge is 2.18. The van der Waals surface area contributed by atoms with Gasteiger partial charge >= 0.3 is 5.97 Å². The molecule has 2 atom stereocenters. The number of hydrogen-bond donors (Lipinski definition) is 2. The molecule has 1 aromatic carbocycles. The second kappa shape index (κ2) is 7.53. The van der Waals surface area contributed by atoms with Crippen molar-refractivity contribution in [2.75, 3.05) is 7.11 Å². The maximum absolute atomic E-state index is 11.7. The van der Waals surface area contributed by atoms with Crippen LogP contribution in [0.5, 0.6) is 0 Å². The van der Waals surface area contributed by atoms with E-state index in [0.29, 0.717) is 6.42 Å². The molecule has 1 unspecified atom stereocenters. The second-order valence-electron chi connectivity index (χ2n) is 4.38. The quantitative estimate of drug-likeness (QED) is 0.755. The van der Waals surface area contributed by atoms with Crippen molar-refractivity contribution < 1.29 is 14.3 Å². The Bertz CT molecular complexity index is 418. The Morgan fingerprint density at radius 3 is 2.47 bits per heavy atom. The summed E-state index contributed by atoms with van der Waals surface area (Å²) >= 11 is 0. The van der Waals surface area contributed by atoms with Gasteiger partial charge < -0.3 is 15.8 Å². The van der Waals surface area contributed by atoms with Crippen molar-refractivity contribution in [1.82, 2.24) is 5.32 Å². The van der Waals surface area contributed by atoms with Crippen molar-refractivity contribution in [1.29, 1.82) is 0 Å². The number of carbonyl (C=O) groups is 2. The Morgan fingerprint density at radius 2 is 1.95 bits per heavy atom. The van der Waals surface area contributed by atoms with Crippen LogP contribution in [-0.4, -0.2) is 25.0 Å². The van der Waals surface area contributed by atoms with E-state index in [9.17, 15) is 9.59 Å². The minimum absolute atomic E-state index is 0.237. The first-order chi connectivity index (χ1) is 9.04. The minimum atomic E-state index is -0.579. The van der Waals surface area contributed by atoms with Gasteiger partial charge in [0, 0.05) is 6.42 Å². The molecule has 19 heavy (non-hydrogen) atoms. The molecule has 0 aromatic heterocycles. The highest BCUT2D eigenvalue weighted by Crippen LogP contribution is 2.18. The summed E-state index contributed by atoms with van der Waals surface area (Å²) < 4.78 is 4.61. The van der Waals surface area contributed by atoms with E-state index < -0.39 is 6.04 Å². The number of hydrogen-bond acceptors (Lipinski definition) is 4. The zero-order chi connectivity index (χ0) is 14.3. The SMILES string of the molecule is COC(=O)CCC(NC(=O)[C@H](C)N)c1ccccc1. The van der Waals surface area contributed by atoms with Gasteiger partial charge in [0.15, 0.2) is 0 Å². The summed E-state index contributed by atoms with van der Waals surface area (Å²) in [5.74, 6) is -0.533. The lowest BCUT2D eigenvalue weighted by Crippen LogP contribution is -2.40. The van der Waals surface area contributed by atoms with Crippen molar-refractivity contribution in [3.05, 3.63) is 35.9 Å². The van der Waals surface area contributed by atoms with Gasteiger partial charge in [0.2, 0.25) is 5.91 Å². The Morgan fingerprint density at radius 1 is 1.32 bits per heavy atom. The van der Waals surface area contributed by atoms with Crippen molar-refractivity contribution in [3.63, 3.8) is 0 Å². The monoisotopic (exact) mass is 264 g/mol. The van der Waals surface area contributed by atoms with Crippen molar-refractivity contribution in [2.45, 2.75) is 31.8 Å². The molecular formula is C14H20N2O3. The van der Waals surface area contributed by atoms with Crippen molar-refractivity contribution >= 4 is 11.9 Å². The molecule has 3 N–H and O–H groups in total.